The van der Waals surface area contributed by atoms with Crippen LogP contribution in [0.15, 0.2) is 54.9 Å². The summed E-state index contributed by atoms with van der Waals surface area (Å²) >= 11 is 0. The molecule has 3 N–H and O–H groups in total. The number of H-pyrrole nitrogens is 1. The van der Waals surface area contributed by atoms with Gasteiger partial charge in [0.05, 0.1) is 12.2 Å². The highest BCUT2D eigenvalue weighted by molar-refractivity contribution is 5.95. The van der Waals surface area contributed by atoms with Crippen molar-refractivity contribution >= 4 is 11.6 Å². The summed E-state index contributed by atoms with van der Waals surface area (Å²) in [6.07, 6.45) is 4.04. The van der Waals surface area contributed by atoms with Gasteiger partial charge < -0.3 is 10.6 Å². The number of nitrogens with zero attached hydrogens (tertiary/aromatic N) is 1. The van der Waals surface area contributed by atoms with Gasteiger partial charge >= 0.3 is 0 Å². The first-order valence-electron chi connectivity index (χ1n) is 8.10. The van der Waals surface area contributed by atoms with Gasteiger partial charge in [-0.05, 0) is 47.4 Å². The van der Waals surface area contributed by atoms with Gasteiger partial charge in [0.2, 0.25) is 5.91 Å². The third-order valence-electron chi connectivity index (χ3n) is 4.43. The Bertz CT molecular complexity index is 890. The Balaban J connectivity index is 1.44. The molecule has 0 radical (unpaired) electrons. The Kier molecular flexibility index (Phi) is 4.03. The molecule has 1 aliphatic heterocycles. The second-order valence-electron chi connectivity index (χ2n) is 6.10. The number of amides is 1. The van der Waals surface area contributed by atoms with Gasteiger partial charge in [0.15, 0.2) is 0 Å². The van der Waals surface area contributed by atoms with Crippen LogP contribution in [0.25, 0.3) is 11.1 Å². The number of carbonyl (C=O) groups excluding carboxylic acids is 1. The molecule has 0 fully saturated rings. The van der Waals surface area contributed by atoms with E-state index in [4.69, 9.17) is 0 Å². The minimum absolute atomic E-state index is 0.119. The number of rotatable bonds is 3. The van der Waals surface area contributed by atoms with Gasteiger partial charge in [0.1, 0.15) is 5.82 Å². The number of aromatic amines is 1. The number of aromatic nitrogens is 2. The van der Waals surface area contributed by atoms with Crippen LogP contribution in [0.1, 0.15) is 11.1 Å². The third kappa shape index (κ3) is 3.29. The monoisotopic (exact) mass is 336 g/mol. The van der Waals surface area contributed by atoms with Gasteiger partial charge in [-0.15, -0.1) is 0 Å². The van der Waals surface area contributed by atoms with Crippen LogP contribution in [0.4, 0.5) is 10.1 Å². The molecule has 0 bridgehead atoms. The standard InChI is InChI=1S/C19H17FN4O/c20-16-4-1-13-9-21-18(8-14(13)7-16)19(25)24-17-5-2-12(3-6-17)15-10-22-23-11-15/h1-7,10-11,18,21H,8-9H2,(H,22,23)(H,24,25)/t18-/m0/s1. The third-order valence-corrected chi connectivity index (χ3v) is 4.43. The fourth-order valence-electron chi connectivity index (χ4n) is 3.05. The summed E-state index contributed by atoms with van der Waals surface area (Å²) in [4.78, 5) is 12.5. The molecule has 1 aliphatic rings. The van der Waals surface area contributed by atoms with E-state index in [0.717, 1.165) is 27.9 Å². The van der Waals surface area contributed by atoms with Gasteiger partial charge in [-0.25, -0.2) is 4.39 Å². The molecule has 0 spiro atoms. The summed E-state index contributed by atoms with van der Waals surface area (Å²) in [5, 5.41) is 12.8. The SMILES string of the molecule is O=C(Nc1ccc(-c2cn[nH]c2)cc1)[C@@H]1Cc2cc(F)ccc2CN1. The first-order valence-corrected chi connectivity index (χ1v) is 8.10. The minimum atomic E-state index is -0.372. The van der Waals surface area contributed by atoms with Gasteiger partial charge in [-0.2, -0.15) is 5.10 Å². The van der Waals surface area contributed by atoms with Crippen LogP contribution < -0.4 is 10.6 Å². The quantitative estimate of drug-likeness (QED) is 0.689. The van der Waals surface area contributed by atoms with Crippen LogP contribution in [-0.2, 0) is 17.8 Å². The Morgan fingerprint density at radius 3 is 2.72 bits per heavy atom. The number of fused-ring (bicyclic) bond motifs is 1. The Hall–Kier alpha value is -2.99. The van der Waals surface area contributed by atoms with Crippen LogP contribution >= 0.6 is 0 Å². The molecule has 126 valence electrons. The summed E-state index contributed by atoms with van der Waals surface area (Å²) in [5.41, 5.74) is 4.66. The van der Waals surface area contributed by atoms with Gasteiger partial charge in [0.25, 0.3) is 0 Å². The maximum absolute atomic E-state index is 13.4. The highest BCUT2D eigenvalue weighted by Gasteiger charge is 2.24. The van der Waals surface area contributed by atoms with Crippen molar-refractivity contribution in [3.05, 3.63) is 71.8 Å². The van der Waals surface area contributed by atoms with E-state index in [2.05, 4.69) is 20.8 Å². The lowest BCUT2D eigenvalue weighted by molar-refractivity contribution is -0.118. The summed E-state index contributed by atoms with van der Waals surface area (Å²) in [6, 6.07) is 11.9. The Morgan fingerprint density at radius 2 is 1.96 bits per heavy atom. The van der Waals surface area contributed by atoms with E-state index in [1.54, 1.807) is 12.3 Å². The first-order chi connectivity index (χ1) is 12.2. The highest BCUT2D eigenvalue weighted by atomic mass is 19.1. The van der Waals surface area contributed by atoms with Gasteiger partial charge in [-0.1, -0.05) is 18.2 Å². The predicted octanol–water partition coefficient (Wildman–Crippen LogP) is 2.87. The normalized spacial score (nSPS) is 16.3. The van der Waals surface area contributed by atoms with Crippen molar-refractivity contribution in [3.63, 3.8) is 0 Å². The number of hydrogen-bond acceptors (Lipinski definition) is 3. The van der Waals surface area contributed by atoms with E-state index in [1.165, 1.54) is 12.1 Å². The lowest BCUT2D eigenvalue weighted by Crippen LogP contribution is -2.44. The number of anilines is 1. The summed E-state index contributed by atoms with van der Waals surface area (Å²) in [6.45, 7) is 0.563. The zero-order valence-corrected chi connectivity index (χ0v) is 13.4. The molecule has 0 aliphatic carbocycles. The van der Waals surface area contributed by atoms with E-state index in [1.807, 2.05) is 30.5 Å². The Morgan fingerprint density at radius 1 is 1.12 bits per heavy atom. The van der Waals surface area contributed by atoms with E-state index >= 15 is 0 Å². The first kappa shape index (κ1) is 15.5. The Labute approximate surface area is 144 Å². The molecule has 2 heterocycles. The molecule has 2 aromatic carbocycles. The van der Waals surface area contributed by atoms with Gasteiger partial charge in [-0.3, -0.25) is 9.89 Å². The number of halogens is 1. The van der Waals surface area contributed by atoms with Gasteiger partial charge in [0, 0.05) is 24.0 Å². The molecule has 0 unspecified atom stereocenters. The second kappa shape index (κ2) is 6.49. The van der Waals surface area contributed by atoms with Crippen molar-refractivity contribution < 1.29 is 9.18 Å². The maximum atomic E-state index is 13.4. The second-order valence-corrected chi connectivity index (χ2v) is 6.10. The molecular weight excluding hydrogens is 319 g/mol. The van der Waals surface area contributed by atoms with Crippen molar-refractivity contribution in [2.75, 3.05) is 5.32 Å². The summed E-state index contributed by atoms with van der Waals surface area (Å²) < 4.78 is 13.4. The summed E-state index contributed by atoms with van der Waals surface area (Å²) in [7, 11) is 0. The molecule has 4 rings (SSSR count). The zero-order chi connectivity index (χ0) is 17.2. The van der Waals surface area contributed by atoms with Crippen molar-refractivity contribution in [1.29, 1.82) is 0 Å². The van der Waals surface area contributed by atoms with E-state index in [9.17, 15) is 9.18 Å². The van der Waals surface area contributed by atoms with E-state index in [-0.39, 0.29) is 17.8 Å². The largest absolute Gasteiger partial charge is 0.325 e. The van der Waals surface area contributed by atoms with Crippen LogP contribution in [0, 0.1) is 5.82 Å². The smallest absolute Gasteiger partial charge is 0.241 e. The van der Waals surface area contributed by atoms with Crippen LogP contribution in [0.5, 0.6) is 0 Å². The van der Waals surface area contributed by atoms with Crippen LogP contribution in [-0.4, -0.2) is 22.1 Å². The predicted molar refractivity (Wildman–Crippen MR) is 93.4 cm³/mol. The average Bonchev–Trinajstić information content (AvgIpc) is 3.16. The van der Waals surface area contributed by atoms with Crippen LogP contribution in [0.2, 0.25) is 0 Å². The fraction of sp³-hybridized carbons (Fsp3) is 0.158. The molecule has 6 heteroatoms. The van der Waals surface area contributed by atoms with E-state index < -0.39 is 0 Å². The maximum Gasteiger partial charge on any atom is 0.241 e. The molecule has 0 saturated heterocycles. The summed E-state index contributed by atoms with van der Waals surface area (Å²) in [5.74, 6) is -0.388. The van der Waals surface area contributed by atoms with Crippen molar-refractivity contribution in [1.82, 2.24) is 15.5 Å². The van der Waals surface area contributed by atoms with Crippen molar-refractivity contribution in [2.45, 2.75) is 19.0 Å². The van der Waals surface area contributed by atoms with Crippen LogP contribution in [0.3, 0.4) is 0 Å². The molecule has 1 atom stereocenters. The molecule has 5 nitrogen and oxygen atoms in total. The highest BCUT2D eigenvalue weighted by Crippen LogP contribution is 2.21. The fourth-order valence-corrected chi connectivity index (χ4v) is 3.05. The average molecular weight is 336 g/mol. The zero-order valence-electron chi connectivity index (χ0n) is 13.4. The molecule has 1 aromatic heterocycles. The van der Waals surface area contributed by atoms with Crippen molar-refractivity contribution in [3.8, 4) is 11.1 Å². The topological polar surface area (TPSA) is 69.8 Å². The lowest BCUT2D eigenvalue weighted by atomic mass is 9.95. The number of benzene rings is 2. The molecule has 25 heavy (non-hydrogen) atoms. The molecule has 3 aromatic rings. The lowest BCUT2D eigenvalue weighted by Gasteiger charge is -2.25. The molecule has 1 amide bonds. The molecular formula is C19H17FN4O. The number of nitrogens with one attached hydrogen (secondary N) is 3. The minimum Gasteiger partial charge on any atom is -0.325 e. The number of carbonyl (C=O) groups is 1. The molecule has 0 saturated carbocycles. The van der Waals surface area contributed by atoms with E-state index in [0.29, 0.717) is 13.0 Å². The van der Waals surface area contributed by atoms with Crippen molar-refractivity contribution in [2.24, 2.45) is 0 Å². The number of hydrogen-bond donors (Lipinski definition) is 3.